The monoisotopic (exact) mass is 593 g/mol. The summed E-state index contributed by atoms with van der Waals surface area (Å²) >= 11 is 0.936. The molecule has 1 aromatic heterocycles. The van der Waals surface area contributed by atoms with Gasteiger partial charge in [-0.2, -0.15) is 4.98 Å². The minimum absolute atomic E-state index is 0.0119. The zero-order valence-electron chi connectivity index (χ0n) is 23.4. The van der Waals surface area contributed by atoms with Crippen LogP contribution in [0.3, 0.4) is 0 Å². The molecule has 2 heterocycles. The fourth-order valence-corrected chi connectivity index (χ4v) is 7.02. The standard InChI is InChI=1S/C27H49FN3O6PS/c1-2-3-4-5-6-7-8-9-10-11-12-13-14-15-16-17-20-36-38(34,35)37-21-22-25(32)24(28)26(39-22)31-19-18-23(29)30-27(31)33/h18-19,22,24-26,32H,2-17,20-21H2,1H3,(H,34,35)(H2,29,30,33)/t22-,24+,25-,26-/m1/s1. The molecule has 0 radical (unpaired) electrons. The highest BCUT2D eigenvalue weighted by Gasteiger charge is 2.46. The van der Waals surface area contributed by atoms with Crippen LogP contribution in [0.5, 0.6) is 0 Å². The third kappa shape index (κ3) is 13.5. The maximum absolute atomic E-state index is 14.6. The molecule has 1 aromatic rings. The second-order valence-corrected chi connectivity index (χ2v) is 13.3. The highest BCUT2D eigenvalue weighted by Crippen LogP contribution is 2.48. The third-order valence-electron chi connectivity index (χ3n) is 7.07. The average Bonchev–Trinajstić information content (AvgIpc) is 3.18. The van der Waals surface area contributed by atoms with Crippen LogP contribution in [0.25, 0.3) is 0 Å². The molecule has 0 bridgehead atoms. The van der Waals surface area contributed by atoms with Gasteiger partial charge in [0.1, 0.15) is 17.3 Å². The van der Waals surface area contributed by atoms with Crippen LogP contribution in [0, 0.1) is 0 Å². The van der Waals surface area contributed by atoms with Gasteiger partial charge in [0.15, 0.2) is 6.17 Å². The second-order valence-electron chi connectivity index (χ2n) is 10.4. The van der Waals surface area contributed by atoms with Crippen molar-refractivity contribution in [3.63, 3.8) is 0 Å². The number of phosphoric acid groups is 1. The van der Waals surface area contributed by atoms with Crippen molar-refractivity contribution in [1.82, 2.24) is 9.55 Å². The summed E-state index contributed by atoms with van der Waals surface area (Å²) in [5, 5.41) is 8.32. The molecule has 1 saturated heterocycles. The lowest BCUT2D eigenvalue weighted by molar-refractivity contribution is 0.0589. The number of aliphatic hydroxyl groups excluding tert-OH is 1. The largest absolute Gasteiger partial charge is 0.472 e. The number of alkyl halides is 1. The minimum Gasteiger partial charge on any atom is -0.389 e. The first kappa shape index (κ1) is 34.2. The number of aromatic nitrogens is 2. The van der Waals surface area contributed by atoms with Gasteiger partial charge in [0.05, 0.1) is 18.5 Å². The number of nitrogens with two attached hydrogens (primary N) is 1. The average molecular weight is 594 g/mol. The van der Waals surface area contributed by atoms with Gasteiger partial charge in [-0.1, -0.05) is 103 Å². The molecule has 12 heteroatoms. The number of nitrogen functional groups attached to an aromatic ring is 1. The first-order valence-corrected chi connectivity index (χ1v) is 17.1. The minimum atomic E-state index is -4.33. The smallest absolute Gasteiger partial charge is 0.389 e. The Kier molecular flexibility index (Phi) is 16.9. The lowest BCUT2D eigenvalue weighted by atomic mass is 10.0. The molecule has 0 aromatic carbocycles. The van der Waals surface area contributed by atoms with Gasteiger partial charge in [0.2, 0.25) is 0 Å². The first-order valence-electron chi connectivity index (χ1n) is 14.7. The van der Waals surface area contributed by atoms with Gasteiger partial charge in [-0.15, -0.1) is 11.8 Å². The Morgan fingerprint density at radius 2 is 1.49 bits per heavy atom. The fraction of sp³-hybridized carbons (Fsp3) is 0.852. The molecule has 226 valence electrons. The Balaban J connectivity index is 1.48. The van der Waals surface area contributed by atoms with Crippen LogP contribution in [0.1, 0.15) is 115 Å². The summed E-state index contributed by atoms with van der Waals surface area (Å²) in [6.45, 7) is 1.95. The van der Waals surface area contributed by atoms with Crippen LogP contribution in [0.15, 0.2) is 17.1 Å². The molecule has 0 amide bonds. The van der Waals surface area contributed by atoms with Gasteiger partial charge in [-0.3, -0.25) is 13.6 Å². The third-order valence-corrected chi connectivity index (χ3v) is 9.59. The Hall–Kier alpha value is -0.970. The van der Waals surface area contributed by atoms with E-state index in [1.54, 1.807) is 0 Å². The number of unbranched alkanes of at least 4 members (excludes halogenated alkanes) is 15. The number of rotatable bonds is 22. The molecule has 1 unspecified atom stereocenters. The molecular weight excluding hydrogens is 544 g/mol. The molecule has 5 atom stereocenters. The van der Waals surface area contributed by atoms with Gasteiger partial charge in [-0.05, 0) is 12.5 Å². The first-order chi connectivity index (χ1) is 18.7. The highest BCUT2D eigenvalue weighted by atomic mass is 32.2. The topological polar surface area (TPSA) is 137 Å². The van der Waals surface area contributed by atoms with Gasteiger partial charge in [-0.25, -0.2) is 13.8 Å². The van der Waals surface area contributed by atoms with Crippen molar-refractivity contribution in [2.24, 2.45) is 0 Å². The number of phosphoric ester groups is 1. The van der Waals surface area contributed by atoms with Crippen molar-refractivity contribution in [2.45, 2.75) is 133 Å². The Labute approximate surface area is 237 Å². The SMILES string of the molecule is CCCCCCCCCCCCCCCCCCOP(=O)(O)OC[C@H]1S[C@@H](n2ccc(N)nc2=O)[C@@H](F)[C@@H]1O. The van der Waals surface area contributed by atoms with E-state index >= 15 is 0 Å². The van der Waals surface area contributed by atoms with Crippen LogP contribution in [0.4, 0.5) is 10.2 Å². The van der Waals surface area contributed by atoms with Gasteiger partial charge in [0, 0.05) is 6.20 Å². The number of anilines is 1. The second kappa shape index (κ2) is 19.2. The summed E-state index contributed by atoms with van der Waals surface area (Å²) in [5.41, 5.74) is 4.73. The molecule has 1 fully saturated rings. The normalized spacial score (nSPS) is 22.8. The van der Waals surface area contributed by atoms with Crippen molar-refractivity contribution in [2.75, 3.05) is 18.9 Å². The summed E-state index contributed by atoms with van der Waals surface area (Å²) in [6.07, 6.45) is 17.9. The summed E-state index contributed by atoms with van der Waals surface area (Å²) in [4.78, 5) is 25.5. The number of hydrogen-bond acceptors (Lipinski definition) is 8. The lowest BCUT2D eigenvalue weighted by Crippen LogP contribution is -2.33. The van der Waals surface area contributed by atoms with E-state index in [2.05, 4.69) is 11.9 Å². The quantitative estimate of drug-likeness (QED) is 0.101. The molecule has 0 aliphatic carbocycles. The molecule has 0 spiro atoms. The fourth-order valence-electron chi connectivity index (χ4n) is 4.72. The molecule has 4 N–H and O–H groups in total. The summed E-state index contributed by atoms with van der Waals surface area (Å²) in [7, 11) is -4.33. The maximum Gasteiger partial charge on any atom is 0.472 e. The van der Waals surface area contributed by atoms with Crippen molar-refractivity contribution < 1.29 is 28.0 Å². The number of halogens is 1. The van der Waals surface area contributed by atoms with Crippen LogP contribution in [0.2, 0.25) is 0 Å². The van der Waals surface area contributed by atoms with Gasteiger partial charge < -0.3 is 15.7 Å². The summed E-state index contributed by atoms with van der Waals surface area (Å²) in [5.74, 6) is 0.0119. The summed E-state index contributed by atoms with van der Waals surface area (Å²) < 4.78 is 37.9. The van der Waals surface area contributed by atoms with E-state index in [1.165, 1.54) is 89.3 Å². The zero-order valence-corrected chi connectivity index (χ0v) is 25.1. The van der Waals surface area contributed by atoms with E-state index in [0.29, 0.717) is 6.42 Å². The maximum atomic E-state index is 14.6. The zero-order chi connectivity index (χ0) is 28.5. The Morgan fingerprint density at radius 3 is 2.00 bits per heavy atom. The van der Waals surface area contributed by atoms with E-state index in [1.807, 2.05) is 0 Å². The molecular formula is C27H49FN3O6PS. The number of aliphatic hydroxyl groups is 1. The number of hydrogen-bond donors (Lipinski definition) is 3. The van der Waals surface area contributed by atoms with Crippen LogP contribution in [-0.2, 0) is 13.6 Å². The van der Waals surface area contributed by atoms with Crippen LogP contribution in [-0.4, -0.2) is 50.3 Å². The predicted octanol–water partition coefficient (Wildman–Crippen LogP) is 6.53. The molecule has 1 aliphatic rings. The van der Waals surface area contributed by atoms with E-state index in [4.69, 9.17) is 14.8 Å². The van der Waals surface area contributed by atoms with Gasteiger partial charge >= 0.3 is 13.5 Å². The van der Waals surface area contributed by atoms with Crippen molar-refractivity contribution in [3.8, 4) is 0 Å². The number of thioether (sulfide) groups is 1. The van der Waals surface area contributed by atoms with Crippen molar-refractivity contribution >= 4 is 25.4 Å². The van der Waals surface area contributed by atoms with Crippen LogP contribution < -0.4 is 11.4 Å². The van der Waals surface area contributed by atoms with E-state index in [-0.39, 0.29) is 12.4 Å². The highest BCUT2D eigenvalue weighted by molar-refractivity contribution is 8.00. The number of nitrogens with zero attached hydrogens (tertiary/aromatic N) is 2. The van der Waals surface area contributed by atoms with E-state index in [0.717, 1.165) is 35.6 Å². The predicted molar refractivity (Wildman–Crippen MR) is 156 cm³/mol. The molecule has 9 nitrogen and oxygen atoms in total. The van der Waals surface area contributed by atoms with Gasteiger partial charge in [0.25, 0.3) is 0 Å². The molecule has 2 rings (SSSR count). The van der Waals surface area contributed by atoms with E-state index in [9.17, 15) is 23.7 Å². The lowest BCUT2D eigenvalue weighted by Gasteiger charge is -2.17. The van der Waals surface area contributed by atoms with E-state index < -0.39 is 43.0 Å². The Bertz CT molecular complexity index is 911. The van der Waals surface area contributed by atoms with Crippen molar-refractivity contribution in [1.29, 1.82) is 0 Å². The summed E-state index contributed by atoms with van der Waals surface area (Å²) in [6, 6.07) is 1.36. The van der Waals surface area contributed by atoms with Crippen molar-refractivity contribution in [3.05, 3.63) is 22.7 Å². The Morgan fingerprint density at radius 1 is 0.974 bits per heavy atom. The van der Waals surface area contributed by atoms with Crippen LogP contribution >= 0.6 is 19.6 Å². The molecule has 0 saturated carbocycles. The molecule has 1 aliphatic heterocycles. The molecule has 39 heavy (non-hydrogen) atoms.